The van der Waals surface area contributed by atoms with Crippen molar-refractivity contribution in [3.05, 3.63) is 0 Å². The second kappa shape index (κ2) is 2.59. The maximum Gasteiger partial charge on any atom is 0.238 e. The van der Waals surface area contributed by atoms with Crippen LogP contribution in [-0.2, 0) is 4.79 Å². The second-order valence-corrected chi connectivity index (χ2v) is 4.31. The van der Waals surface area contributed by atoms with Crippen LogP contribution in [-0.4, -0.2) is 9.57 Å². The van der Waals surface area contributed by atoms with Crippen LogP contribution in [0.25, 0.3) is 0 Å². The fourth-order valence-electron chi connectivity index (χ4n) is 1.13. The molecule has 0 aliphatic heterocycles. The highest BCUT2D eigenvalue weighted by Gasteiger charge is 2.36. The molecule has 3 heteroatoms. The lowest BCUT2D eigenvalue weighted by Gasteiger charge is -2.13. The molecule has 0 atom stereocenters. The first-order chi connectivity index (χ1) is 4.15. The summed E-state index contributed by atoms with van der Waals surface area (Å²) in [6, 6.07) is 0. The Morgan fingerprint density at radius 1 is 1.44 bits per heavy atom. The third-order valence-electron chi connectivity index (χ3n) is 1.75. The zero-order valence-corrected chi connectivity index (χ0v) is 7.33. The van der Waals surface area contributed by atoms with Crippen molar-refractivity contribution in [2.75, 3.05) is 0 Å². The van der Waals surface area contributed by atoms with Gasteiger partial charge < -0.3 is 0 Å². The Hall–Kier alpha value is 0.440. The molecule has 1 rings (SSSR count). The molecule has 1 aliphatic carbocycles. The van der Waals surface area contributed by atoms with Crippen molar-refractivity contribution in [2.45, 2.75) is 30.0 Å². The molecule has 0 saturated heterocycles. The SMILES string of the molecule is O=C(Cl)C1(Br)CCCC1. The summed E-state index contributed by atoms with van der Waals surface area (Å²) in [4.78, 5) is 10.7. The van der Waals surface area contributed by atoms with E-state index in [0.29, 0.717) is 0 Å². The third kappa shape index (κ3) is 1.47. The van der Waals surface area contributed by atoms with Crippen molar-refractivity contribution in [2.24, 2.45) is 0 Å². The van der Waals surface area contributed by atoms with Crippen LogP contribution in [0.2, 0.25) is 0 Å². The lowest BCUT2D eigenvalue weighted by Crippen LogP contribution is -2.23. The van der Waals surface area contributed by atoms with Gasteiger partial charge in [-0.25, -0.2) is 0 Å². The maximum atomic E-state index is 10.7. The lowest BCUT2D eigenvalue weighted by molar-refractivity contribution is -0.113. The van der Waals surface area contributed by atoms with Crippen LogP contribution < -0.4 is 0 Å². The molecule has 1 nitrogen and oxygen atoms in total. The number of rotatable bonds is 1. The van der Waals surface area contributed by atoms with Crippen LogP contribution in [0.3, 0.4) is 0 Å². The smallest absolute Gasteiger partial charge is 0.238 e. The van der Waals surface area contributed by atoms with E-state index in [1.54, 1.807) is 0 Å². The van der Waals surface area contributed by atoms with Crippen molar-refractivity contribution in [3.63, 3.8) is 0 Å². The van der Waals surface area contributed by atoms with Gasteiger partial charge in [0.2, 0.25) is 5.24 Å². The molecule has 0 radical (unpaired) electrons. The Bertz CT molecular complexity index is 129. The van der Waals surface area contributed by atoms with Gasteiger partial charge in [0.25, 0.3) is 0 Å². The largest absolute Gasteiger partial charge is 0.280 e. The molecule has 1 aliphatic rings. The summed E-state index contributed by atoms with van der Waals surface area (Å²) in [7, 11) is 0. The van der Waals surface area contributed by atoms with Gasteiger partial charge in [0.05, 0.1) is 4.32 Å². The molecule has 0 spiro atoms. The van der Waals surface area contributed by atoms with E-state index in [2.05, 4.69) is 15.9 Å². The van der Waals surface area contributed by atoms with Crippen LogP contribution in [0.1, 0.15) is 25.7 Å². The van der Waals surface area contributed by atoms with Gasteiger partial charge in [-0.05, 0) is 24.4 Å². The van der Waals surface area contributed by atoms with E-state index in [1.165, 1.54) is 0 Å². The zero-order chi connectivity index (χ0) is 6.91. The number of carbonyl (C=O) groups excluding carboxylic acids is 1. The summed E-state index contributed by atoms with van der Waals surface area (Å²) in [6.07, 6.45) is 4.03. The summed E-state index contributed by atoms with van der Waals surface area (Å²) in [5, 5.41) is -0.236. The first-order valence-electron chi connectivity index (χ1n) is 3.04. The van der Waals surface area contributed by atoms with Gasteiger partial charge in [-0.3, -0.25) is 4.79 Å². The van der Waals surface area contributed by atoms with Crippen molar-refractivity contribution in [3.8, 4) is 0 Å². The monoisotopic (exact) mass is 210 g/mol. The summed E-state index contributed by atoms with van der Waals surface area (Å²) < 4.78 is -0.367. The minimum Gasteiger partial charge on any atom is -0.280 e. The zero-order valence-electron chi connectivity index (χ0n) is 4.99. The predicted molar refractivity (Wildman–Crippen MR) is 41.0 cm³/mol. The van der Waals surface area contributed by atoms with Crippen LogP contribution >= 0.6 is 27.5 Å². The number of hydrogen-bond donors (Lipinski definition) is 0. The average Bonchev–Trinajstić information content (AvgIpc) is 2.16. The van der Waals surface area contributed by atoms with Crippen molar-refractivity contribution < 1.29 is 4.79 Å². The summed E-state index contributed by atoms with van der Waals surface area (Å²) in [5.41, 5.74) is 0. The van der Waals surface area contributed by atoms with E-state index in [9.17, 15) is 4.79 Å². The second-order valence-electron chi connectivity index (χ2n) is 2.45. The topological polar surface area (TPSA) is 17.1 Å². The van der Waals surface area contributed by atoms with E-state index in [-0.39, 0.29) is 9.57 Å². The molecule has 0 amide bonds. The van der Waals surface area contributed by atoms with E-state index < -0.39 is 0 Å². The van der Waals surface area contributed by atoms with Crippen LogP contribution in [0.4, 0.5) is 0 Å². The lowest BCUT2D eigenvalue weighted by atomic mass is 10.1. The number of halogens is 2. The maximum absolute atomic E-state index is 10.7. The average molecular weight is 211 g/mol. The van der Waals surface area contributed by atoms with Crippen molar-refractivity contribution in [1.29, 1.82) is 0 Å². The van der Waals surface area contributed by atoms with Crippen LogP contribution in [0.15, 0.2) is 0 Å². The van der Waals surface area contributed by atoms with Gasteiger partial charge in [-0.1, -0.05) is 28.8 Å². The Morgan fingerprint density at radius 3 is 2.11 bits per heavy atom. The highest BCUT2D eigenvalue weighted by molar-refractivity contribution is 9.10. The molecule has 9 heavy (non-hydrogen) atoms. The fraction of sp³-hybridized carbons (Fsp3) is 0.833. The summed E-state index contributed by atoms with van der Waals surface area (Å²) >= 11 is 8.67. The first kappa shape index (κ1) is 7.55. The molecule has 0 heterocycles. The normalized spacial score (nSPS) is 24.2. The fourth-order valence-corrected chi connectivity index (χ4v) is 1.88. The first-order valence-corrected chi connectivity index (χ1v) is 4.21. The van der Waals surface area contributed by atoms with E-state index in [1.807, 2.05) is 0 Å². The predicted octanol–water partition coefficient (Wildman–Crippen LogP) is 2.46. The molecule has 0 N–H and O–H groups in total. The molecule has 1 saturated carbocycles. The Labute approximate surface area is 67.9 Å². The number of alkyl halides is 1. The van der Waals surface area contributed by atoms with Gasteiger partial charge in [0, 0.05) is 0 Å². The van der Waals surface area contributed by atoms with Crippen LogP contribution in [0.5, 0.6) is 0 Å². The standard InChI is InChI=1S/C6H8BrClO/c7-6(5(8)9)3-1-2-4-6/h1-4H2. The third-order valence-corrected chi connectivity index (χ3v) is 3.49. The minimum atomic E-state index is -0.367. The molecule has 0 aromatic heterocycles. The molecule has 1 fully saturated rings. The Kier molecular flexibility index (Phi) is 2.17. The quantitative estimate of drug-likeness (QED) is 0.481. The molecule has 0 unspecified atom stereocenters. The molecular formula is C6H8BrClO. The van der Waals surface area contributed by atoms with E-state index in [4.69, 9.17) is 11.6 Å². The van der Waals surface area contributed by atoms with Crippen LogP contribution in [0, 0.1) is 0 Å². The van der Waals surface area contributed by atoms with Crippen molar-refractivity contribution >= 4 is 32.8 Å². The highest BCUT2D eigenvalue weighted by Crippen LogP contribution is 2.39. The minimum absolute atomic E-state index is 0.236. The molecule has 52 valence electrons. The molecule has 0 aromatic carbocycles. The Balaban J connectivity index is 2.61. The molecule has 0 bridgehead atoms. The van der Waals surface area contributed by atoms with E-state index in [0.717, 1.165) is 25.7 Å². The molecule has 0 aromatic rings. The Morgan fingerprint density at radius 2 is 1.89 bits per heavy atom. The summed E-state index contributed by atoms with van der Waals surface area (Å²) in [6.45, 7) is 0. The highest BCUT2D eigenvalue weighted by atomic mass is 79.9. The molecular weight excluding hydrogens is 203 g/mol. The van der Waals surface area contributed by atoms with Gasteiger partial charge >= 0.3 is 0 Å². The van der Waals surface area contributed by atoms with Gasteiger partial charge in [-0.2, -0.15) is 0 Å². The number of carbonyl (C=O) groups is 1. The van der Waals surface area contributed by atoms with E-state index >= 15 is 0 Å². The van der Waals surface area contributed by atoms with Gasteiger partial charge in [0.1, 0.15) is 0 Å². The van der Waals surface area contributed by atoms with Gasteiger partial charge in [0.15, 0.2) is 0 Å². The number of hydrogen-bond acceptors (Lipinski definition) is 1. The van der Waals surface area contributed by atoms with Crippen molar-refractivity contribution in [1.82, 2.24) is 0 Å². The van der Waals surface area contributed by atoms with Gasteiger partial charge in [-0.15, -0.1) is 0 Å². The summed E-state index contributed by atoms with van der Waals surface area (Å²) in [5.74, 6) is 0.